The van der Waals surface area contributed by atoms with Crippen molar-refractivity contribution in [2.24, 2.45) is 7.05 Å². The van der Waals surface area contributed by atoms with E-state index in [-0.39, 0.29) is 34.1 Å². The maximum atomic E-state index is 14.2. The zero-order valence-corrected chi connectivity index (χ0v) is 19.8. The summed E-state index contributed by atoms with van der Waals surface area (Å²) in [6, 6.07) is 5.77. The second-order valence-corrected chi connectivity index (χ2v) is 8.43. The number of halogens is 3. The molecule has 1 fully saturated rings. The molecular formula is C23H22ClF2N7O2. The van der Waals surface area contributed by atoms with E-state index in [0.29, 0.717) is 37.7 Å². The second-order valence-electron chi connectivity index (χ2n) is 8.00. The highest BCUT2D eigenvalue weighted by molar-refractivity contribution is 6.30. The first-order valence-corrected chi connectivity index (χ1v) is 11.1. The van der Waals surface area contributed by atoms with Crippen LogP contribution in [0.3, 0.4) is 0 Å². The normalized spacial score (nSPS) is 14.0. The molecular weight excluding hydrogens is 480 g/mol. The molecule has 0 bridgehead atoms. The number of pyridine rings is 1. The van der Waals surface area contributed by atoms with Gasteiger partial charge in [0.1, 0.15) is 23.3 Å². The summed E-state index contributed by atoms with van der Waals surface area (Å²) in [4.78, 5) is 21.2. The van der Waals surface area contributed by atoms with E-state index in [0.717, 1.165) is 12.1 Å². The van der Waals surface area contributed by atoms with Crippen molar-refractivity contribution >= 4 is 29.0 Å². The van der Waals surface area contributed by atoms with E-state index in [1.165, 1.54) is 24.2 Å². The number of amides is 1. The Morgan fingerprint density at radius 3 is 2.54 bits per heavy atom. The average Bonchev–Trinajstić information content (AvgIpc) is 3.22. The molecule has 0 atom stereocenters. The van der Waals surface area contributed by atoms with Gasteiger partial charge in [-0.25, -0.2) is 13.8 Å². The Morgan fingerprint density at radius 2 is 1.91 bits per heavy atom. The maximum absolute atomic E-state index is 14.2. The summed E-state index contributed by atoms with van der Waals surface area (Å²) in [6.45, 7) is 2.11. The largest absolute Gasteiger partial charge is 0.479 e. The number of rotatable bonds is 6. The summed E-state index contributed by atoms with van der Waals surface area (Å²) in [5.74, 6) is -1.15. The third kappa shape index (κ3) is 5.34. The minimum Gasteiger partial charge on any atom is -0.479 e. The molecule has 35 heavy (non-hydrogen) atoms. The van der Waals surface area contributed by atoms with Gasteiger partial charge >= 0.3 is 0 Å². The highest BCUT2D eigenvalue weighted by Crippen LogP contribution is 2.28. The van der Waals surface area contributed by atoms with Crippen molar-refractivity contribution < 1.29 is 18.3 Å². The van der Waals surface area contributed by atoms with Gasteiger partial charge in [0.25, 0.3) is 5.91 Å². The minimum atomic E-state index is -0.679. The maximum Gasteiger partial charge on any atom is 0.262 e. The molecule has 182 valence electrons. The number of ether oxygens (including phenoxy) is 1. The van der Waals surface area contributed by atoms with Gasteiger partial charge in [-0.3, -0.25) is 14.4 Å². The number of carbonyl (C=O) groups excluding carboxylic acids is 1. The van der Waals surface area contributed by atoms with Gasteiger partial charge in [0.05, 0.1) is 18.4 Å². The van der Waals surface area contributed by atoms with E-state index in [4.69, 9.17) is 16.3 Å². The molecule has 12 heteroatoms. The van der Waals surface area contributed by atoms with Crippen molar-refractivity contribution in [2.45, 2.75) is 6.54 Å². The Labute approximate surface area is 205 Å². The molecule has 9 nitrogen and oxygen atoms in total. The van der Waals surface area contributed by atoms with Crippen LogP contribution in [-0.4, -0.2) is 58.9 Å². The van der Waals surface area contributed by atoms with E-state index in [1.54, 1.807) is 13.1 Å². The molecule has 1 amide bonds. The molecule has 0 saturated carbocycles. The third-order valence-electron chi connectivity index (χ3n) is 5.64. The van der Waals surface area contributed by atoms with Crippen LogP contribution in [0.25, 0.3) is 0 Å². The van der Waals surface area contributed by atoms with Gasteiger partial charge in [-0.05, 0) is 18.2 Å². The Balaban J connectivity index is 1.50. The molecule has 0 spiro atoms. The number of carbonyl (C=O) groups is 1. The number of methoxy groups -OCH3 is 1. The molecule has 0 unspecified atom stereocenters. The molecule has 0 aliphatic carbocycles. The quantitative estimate of drug-likeness (QED) is 0.553. The van der Waals surface area contributed by atoms with Crippen molar-refractivity contribution in [1.29, 1.82) is 5.26 Å². The van der Waals surface area contributed by atoms with Gasteiger partial charge in [-0.15, -0.1) is 5.10 Å². The van der Waals surface area contributed by atoms with E-state index in [1.807, 2.05) is 15.9 Å². The van der Waals surface area contributed by atoms with E-state index >= 15 is 0 Å². The number of benzene rings is 1. The average molecular weight is 502 g/mol. The van der Waals surface area contributed by atoms with Crippen LogP contribution >= 0.6 is 11.6 Å². The lowest BCUT2D eigenvalue weighted by Gasteiger charge is -2.36. The van der Waals surface area contributed by atoms with Gasteiger partial charge in [0.2, 0.25) is 5.88 Å². The van der Waals surface area contributed by atoms with E-state index < -0.39 is 17.5 Å². The lowest BCUT2D eigenvalue weighted by Crippen LogP contribution is -2.46. The Kier molecular flexibility index (Phi) is 7.14. The predicted molar refractivity (Wildman–Crippen MR) is 126 cm³/mol. The third-order valence-corrected chi connectivity index (χ3v) is 5.85. The lowest BCUT2D eigenvalue weighted by molar-refractivity contribution is 0.102. The van der Waals surface area contributed by atoms with Gasteiger partial charge in [-0.2, -0.15) is 5.26 Å². The Bertz CT molecular complexity index is 1280. The minimum absolute atomic E-state index is 0.0129. The molecule has 0 radical (unpaired) electrons. The summed E-state index contributed by atoms with van der Waals surface area (Å²) in [5, 5.41) is 16.2. The number of aromatic nitrogens is 3. The van der Waals surface area contributed by atoms with Gasteiger partial charge in [-0.1, -0.05) is 11.6 Å². The van der Waals surface area contributed by atoms with E-state index in [9.17, 15) is 18.8 Å². The lowest BCUT2D eigenvalue weighted by atomic mass is 10.1. The fourth-order valence-electron chi connectivity index (χ4n) is 3.89. The van der Waals surface area contributed by atoms with E-state index in [2.05, 4.69) is 15.4 Å². The molecule has 1 saturated heterocycles. The molecule has 3 aromatic rings. The van der Waals surface area contributed by atoms with Crippen molar-refractivity contribution in [1.82, 2.24) is 19.7 Å². The van der Waals surface area contributed by atoms with Crippen molar-refractivity contribution in [3.05, 3.63) is 63.9 Å². The number of piperazine rings is 1. The number of nitrogens with one attached hydrogen (secondary N) is 1. The van der Waals surface area contributed by atoms with Crippen LogP contribution in [-0.2, 0) is 13.6 Å². The highest BCUT2D eigenvalue weighted by atomic mass is 35.5. The summed E-state index contributed by atoms with van der Waals surface area (Å²) in [7, 11) is 3.09. The van der Waals surface area contributed by atoms with Gasteiger partial charge in [0, 0.05) is 62.8 Å². The van der Waals surface area contributed by atoms with Crippen LogP contribution in [0.4, 0.5) is 20.3 Å². The second kappa shape index (κ2) is 10.2. The topological polar surface area (TPSA) is 99.3 Å². The molecule has 1 aromatic carbocycles. The zero-order chi connectivity index (χ0) is 25.1. The fourth-order valence-corrected chi connectivity index (χ4v) is 4.08. The smallest absolute Gasteiger partial charge is 0.262 e. The SMILES string of the molecule is COc1nn(C)cc1C(=O)Nc1cc(C#N)cnc1N1CCN(Cc2c(F)cc(Cl)cc2F)CC1. The number of nitrogens with zero attached hydrogens (tertiary/aromatic N) is 6. The molecule has 3 heterocycles. The summed E-state index contributed by atoms with van der Waals surface area (Å²) < 4.78 is 35.0. The Morgan fingerprint density at radius 1 is 1.23 bits per heavy atom. The van der Waals surface area contributed by atoms with Gasteiger partial charge in [0.15, 0.2) is 5.82 Å². The molecule has 1 N–H and O–H groups in total. The molecule has 1 aliphatic rings. The molecule has 2 aromatic heterocycles. The zero-order valence-electron chi connectivity index (χ0n) is 19.1. The summed E-state index contributed by atoms with van der Waals surface area (Å²) in [6.07, 6.45) is 2.96. The Hall–Kier alpha value is -3.75. The van der Waals surface area contributed by atoms with Crippen molar-refractivity contribution in [3.8, 4) is 11.9 Å². The summed E-state index contributed by atoms with van der Waals surface area (Å²) >= 11 is 5.71. The van der Waals surface area contributed by atoms with Crippen LogP contribution in [0.1, 0.15) is 21.5 Å². The molecule has 1 aliphatic heterocycles. The summed E-state index contributed by atoms with van der Waals surface area (Å²) in [5.41, 5.74) is 0.857. The number of hydrogen-bond donors (Lipinski definition) is 1. The van der Waals surface area contributed by atoms with Crippen LogP contribution < -0.4 is 15.0 Å². The standard InChI is InChI=1S/C23H22ClF2N7O2/c1-31-12-17(23(30-31)35-2)22(34)29-20-7-14(10-27)11-28-21(20)33-5-3-32(4-6-33)13-16-18(25)8-15(24)9-19(16)26/h7-9,11-12H,3-6,13H2,1-2H3,(H,29,34). The highest BCUT2D eigenvalue weighted by Gasteiger charge is 2.25. The monoisotopic (exact) mass is 501 g/mol. The number of anilines is 2. The van der Waals surface area contributed by atoms with Gasteiger partial charge < -0.3 is 15.0 Å². The fraction of sp³-hybridized carbons (Fsp3) is 0.304. The molecule has 4 rings (SSSR count). The van der Waals surface area contributed by atoms with Crippen molar-refractivity contribution in [3.63, 3.8) is 0 Å². The van der Waals surface area contributed by atoms with Crippen LogP contribution in [0.15, 0.2) is 30.6 Å². The van der Waals surface area contributed by atoms with Crippen LogP contribution in [0, 0.1) is 23.0 Å². The number of aryl methyl sites for hydroxylation is 1. The number of hydrogen-bond acceptors (Lipinski definition) is 7. The van der Waals surface area contributed by atoms with Crippen LogP contribution in [0.2, 0.25) is 5.02 Å². The predicted octanol–water partition coefficient (Wildman–Crippen LogP) is 3.20. The first-order chi connectivity index (χ1) is 16.8. The first kappa shape index (κ1) is 24.4. The number of nitriles is 1. The van der Waals surface area contributed by atoms with Crippen LogP contribution in [0.5, 0.6) is 5.88 Å². The van der Waals surface area contributed by atoms with Crippen molar-refractivity contribution in [2.75, 3.05) is 43.5 Å². The first-order valence-electron chi connectivity index (χ1n) is 10.7.